The third-order valence-electron chi connectivity index (χ3n) is 2.96. The third kappa shape index (κ3) is 2.35. The van der Waals surface area contributed by atoms with E-state index in [4.69, 9.17) is 0 Å². The molecule has 0 heterocycles. The van der Waals surface area contributed by atoms with Crippen LogP contribution in [0.5, 0.6) is 0 Å². The minimum atomic E-state index is -0.409. The molecule has 0 N–H and O–H groups in total. The van der Waals surface area contributed by atoms with Gasteiger partial charge in [0, 0.05) is 24.3 Å². The van der Waals surface area contributed by atoms with Crippen LogP contribution in [0, 0.1) is 11.7 Å². The Balaban J connectivity index is 2.15. The quantitative estimate of drug-likeness (QED) is 0.718. The second-order valence-corrected chi connectivity index (χ2v) is 4.21. The summed E-state index contributed by atoms with van der Waals surface area (Å²) in [6.07, 6.45) is 2.40. The number of carbonyl (C=O) groups is 2. The van der Waals surface area contributed by atoms with Gasteiger partial charge in [-0.25, -0.2) is 4.39 Å². The Kier molecular flexibility index (Phi) is 3.13. The van der Waals surface area contributed by atoms with Crippen LogP contribution in [0.25, 0.3) is 0 Å². The number of ketones is 2. The van der Waals surface area contributed by atoms with E-state index in [0.29, 0.717) is 18.4 Å². The van der Waals surface area contributed by atoms with Crippen molar-refractivity contribution in [3.63, 3.8) is 0 Å². The predicted molar refractivity (Wildman–Crippen MR) is 57.7 cm³/mol. The summed E-state index contributed by atoms with van der Waals surface area (Å²) in [6, 6.07) is 5.67. The van der Waals surface area contributed by atoms with Gasteiger partial charge < -0.3 is 0 Å². The average Bonchev–Trinajstić information content (AvgIpc) is 2.28. The maximum atomic E-state index is 13.0. The Labute approximate surface area is 93.5 Å². The zero-order chi connectivity index (χ0) is 11.5. The largest absolute Gasteiger partial charge is 0.300 e. The van der Waals surface area contributed by atoms with Crippen molar-refractivity contribution in [2.45, 2.75) is 25.7 Å². The maximum absolute atomic E-state index is 13.0. The number of Topliss-reactive ketones (excluding diaryl/α,β-unsaturated/α-hetero) is 2. The zero-order valence-electron chi connectivity index (χ0n) is 8.91. The van der Waals surface area contributed by atoms with E-state index in [9.17, 15) is 14.0 Å². The fourth-order valence-electron chi connectivity index (χ4n) is 2.13. The molecular formula is C13H13FO2. The number of hydrogen-bond acceptors (Lipinski definition) is 2. The van der Waals surface area contributed by atoms with Gasteiger partial charge in [0.1, 0.15) is 11.6 Å². The van der Waals surface area contributed by atoms with Crippen molar-refractivity contribution >= 4 is 11.6 Å². The molecule has 0 bridgehead atoms. The minimum absolute atomic E-state index is 0.104. The second-order valence-electron chi connectivity index (χ2n) is 4.21. The van der Waals surface area contributed by atoms with Crippen LogP contribution in [-0.2, 0) is 4.79 Å². The number of carbonyl (C=O) groups excluding carboxylic acids is 2. The molecule has 1 atom stereocenters. The van der Waals surface area contributed by atoms with Crippen molar-refractivity contribution in [1.82, 2.24) is 0 Å². The van der Waals surface area contributed by atoms with Gasteiger partial charge >= 0.3 is 0 Å². The first-order chi connectivity index (χ1) is 7.66. The van der Waals surface area contributed by atoms with E-state index in [1.54, 1.807) is 6.07 Å². The van der Waals surface area contributed by atoms with Crippen molar-refractivity contribution in [3.8, 4) is 0 Å². The van der Waals surface area contributed by atoms with Gasteiger partial charge in [0.25, 0.3) is 0 Å². The van der Waals surface area contributed by atoms with E-state index in [2.05, 4.69) is 0 Å². The molecule has 1 unspecified atom stereocenters. The summed E-state index contributed by atoms with van der Waals surface area (Å²) < 4.78 is 13.0. The van der Waals surface area contributed by atoms with Crippen molar-refractivity contribution < 1.29 is 14.0 Å². The summed E-state index contributed by atoms with van der Waals surface area (Å²) in [5, 5.41) is 0. The summed E-state index contributed by atoms with van der Waals surface area (Å²) >= 11 is 0. The Bertz CT molecular complexity index is 426. The van der Waals surface area contributed by atoms with Crippen molar-refractivity contribution in [1.29, 1.82) is 0 Å². The zero-order valence-corrected chi connectivity index (χ0v) is 8.91. The highest BCUT2D eigenvalue weighted by Crippen LogP contribution is 2.25. The molecule has 0 aliphatic heterocycles. The lowest BCUT2D eigenvalue weighted by molar-refractivity contribution is -0.121. The number of rotatable bonds is 2. The van der Waals surface area contributed by atoms with Crippen LogP contribution in [-0.4, -0.2) is 11.6 Å². The van der Waals surface area contributed by atoms with Crippen molar-refractivity contribution in [2.24, 2.45) is 5.92 Å². The summed E-state index contributed by atoms with van der Waals surface area (Å²) in [6.45, 7) is 0. The smallest absolute Gasteiger partial charge is 0.166 e. The molecule has 0 amide bonds. The molecule has 1 aliphatic rings. The normalized spacial score (nSPS) is 20.8. The molecule has 1 aromatic carbocycles. The van der Waals surface area contributed by atoms with Crippen LogP contribution in [0.2, 0.25) is 0 Å². The molecule has 0 radical (unpaired) electrons. The highest BCUT2D eigenvalue weighted by atomic mass is 19.1. The van der Waals surface area contributed by atoms with Crippen LogP contribution in [0.15, 0.2) is 24.3 Å². The summed E-state index contributed by atoms with van der Waals surface area (Å²) in [5.41, 5.74) is 0.375. The lowest BCUT2D eigenvalue weighted by Gasteiger charge is -2.19. The third-order valence-corrected chi connectivity index (χ3v) is 2.96. The fraction of sp³-hybridized carbons (Fsp3) is 0.385. The molecule has 16 heavy (non-hydrogen) atoms. The van der Waals surface area contributed by atoms with Gasteiger partial charge in [0.15, 0.2) is 5.78 Å². The molecule has 3 heteroatoms. The molecule has 2 nitrogen and oxygen atoms in total. The van der Waals surface area contributed by atoms with Crippen molar-refractivity contribution in [2.75, 3.05) is 0 Å². The molecule has 2 rings (SSSR count). The highest BCUT2D eigenvalue weighted by Gasteiger charge is 2.26. The lowest BCUT2D eigenvalue weighted by atomic mass is 9.83. The molecule has 1 fully saturated rings. The molecule has 0 saturated heterocycles. The molecular weight excluding hydrogens is 207 g/mol. The molecule has 84 valence electrons. The van der Waals surface area contributed by atoms with Crippen molar-refractivity contribution in [3.05, 3.63) is 35.6 Å². The highest BCUT2D eigenvalue weighted by molar-refractivity contribution is 6.00. The van der Waals surface area contributed by atoms with Crippen LogP contribution in [0.3, 0.4) is 0 Å². The number of halogens is 1. The number of benzene rings is 1. The Hall–Kier alpha value is -1.51. The van der Waals surface area contributed by atoms with E-state index in [0.717, 1.165) is 12.8 Å². The monoisotopic (exact) mass is 220 g/mol. The Morgan fingerprint density at radius 3 is 2.88 bits per heavy atom. The maximum Gasteiger partial charge on any atom is 0.166 e. The van der Waals surface area contributed by atoms with E-state index in [1.165, 1.54) is 18.2 Å². The number of hydrogen-bond donors (Lipinski definition) is 0. The molecule has 1 aromatic rings. The van der Waals surface area contributed by atoms with Crippen LogP contribution in [0.1, 0.15) is 36.0 Å². The van der Waals surface area contributed by atoms with E-state index < -0.39 is 5.82 Å². The second kappa shape index (κ2) is 4.56. The van der Waals surface area contributed by atoms with Gasteiger partial charge in [0.05, 0.1) is 0 Å². The van der Waals surface area contributed by atoms with Gasteiger partial charge in [-0.3, -0.25) is 9.59 Å². The molecule has 1 aliphatic carbocycles. The first-order valence-corrected chi connectivity index (χ1v) is 5.48. The molecule has 0 aromatic heterocycles. The standard InChI is InChI=1S/C13H13FO2/c14-11-5-1-3-9(7-11)13(16)10-4-2-6-12(15)8-10/h1,3,5,7,10H,2,4,6,8H2. The summed E-state index contributed by atoms with van der Waals surface area (Å²) in [5.74, 6) is -0.621. The van der Waals surface area contributed by atoms with Gasteiger partial charge in [-0.1, -0.05) is 12.1 Å². The minimum Gasteiger partial charge on any atom is -0.300 e. The summed E-state index contributed by atoms with van der Waals surface area (Å²) in [4.78, 5) is 23.2. The average molecular weight is 220 g/mol. The molecule has 0 spiro atoms. The topological polar surface area (TPSA) is 34.1 Å². The van der Waals surface area contributed by atoms with E-state index >= 15 is 0 Å². The van der Waals surface area contributed by atoms with E-state index in [-0.39, 0.29) is 17.5 Å². The van der Waals surface area contributed by atoms with E-state index in [1.807, 2.05) is 0 Å². The van der Waals surface area contributed by atoms with Gasteiger partial charge in [-0.15, -0.1) is 0 Å². The van der Waals surface area contributed by atoms with Crippen LogP contribution < -0.4 is 0 Å². The SMILES string of the molecule is O=C1CCCC(C(=O)c2cccc(F)c2)C1. The first-order valence-electron chi connectivity index (χ1n) is 5.48. The van der Waals surface area contributed by atoms with Gasteiger partial charge in [-0.05, 0) is 25.0 Å². The van der Waals surface area contributed by atoms with Crippen LogP contribution >= 0.6 is 0 Å². The fourth-order valence-corrected chi connectivity index (χ4v) is 2.13. The Morgan fingerprint density at radius 2 is 2.19 bits per heavy atom. The van der Waals surface area contributed by atoms with Gasteiger partial charge in [0.2, 0.25) is 0 Å². The Morgan fingerprint density at radius 1 is 1.38 bits per heavy atom. The summed E-state index contributed by atoms with van der Waals surface area (Å²) in [7, 11) is 0. The van der Waals surface area contributed by atoms with Gasteiger partial charge in [-0.2, -0.15) is 0 Å². The van der Waals surface area contributed by atoms with Crippen LogP contribution in [0.4, 0.5) is 4.39 Å². The first kappa shape index (κ1) is 11.0. The predicted octanol–water partition coefficient (Wildman–Crippen LogP) is 2.77. The molecule has 1 saturated carbocycles. The lowest BCUT2D eigenvalue weighted by Crippen LogP contribution is -2.23.